The van der Waals surface area contributed by atoms with Crippen LogP contribution in [-0.2, 0) is 9.59 Å². The summed E-state index contributed by atoms with van der Waals surface area (Å²) in [6, 6.07) is 0. The molecule has 0 aliphatic heterocycles. The molecule has 0 aromatic heterocycles. The van der Waals surface area contributed by atoms with Crippen LogP contribution in [0.4, 0.5) is 0 Å². The van der Waals surface area contributed by atoms with E-state index in [2.05, 4.69) is 16.0 Å². The molecule has 0 aromatic carbocycles. The van der Waals surface area contributed by atoms with Gasteiger partial charge in [0.15, 0.2) is 0 Å². The fourth-order valence-electron chi connectivity index (χ4n) is 1.11. The molecule has 0 aliphatic rings. The Hall–Kier alpha value is -1.10. The topological polar surface area (TPSA) is 70.2 Å². The molecule has 5 heteroatoms. The van der Waals surface area contributed by atoms with Crippen LogP contribution in [-0.4, -0.2) is 38.5 Å². The number of carbonyl (C=O) groups excluding carboxylic acids is 2. The number of nitrogens with one attached hydrogen (secondary N) is 3. The largest absolute Gasteiger partial charge is 0.354 e. The van der Waals surface area contributed by atoms with Crippen LogP contribution < -0.4 is 16.0 Å². The SMILES string of the molecule is CNCCCC(=O)NCCNC(=O)C(C)C. The van der Waals surface area contributed by atoms with E-state index in [0.717, 1.165) is 13.0 Å². The van der Waals surface area contributed by atoms with Crippen molar-refractivity contribution in [2.45, 2.75) is 26.7 Å². The van der Waals surface area contributed by atoms with Crippen molar-refractivity contribution in [2.75, 3.05) is 26.7 Å². The van der Waals surface area contributed by atoms with E-state index in [1.165, 1.54) is 0 Å². The summed E-state index contributed by atoms with van der Waals surface area (Å²) in [4.78, 5) is 22.4. The van der Waals surface area contributed by atoms with Crippen LogP contribution in [0.3, 0.4) is 0 Å². The van der Waals surface area contributed by atoms with Crippen LogP contribution in [0.25, 0.3) is 0 Å². The van der Waals surface area contributed by atoms with Crippen molar-refractivity contribution in [1.82, 2.24) is 16.0 Å². The van der Waals surface area contributed by atoms with E-state index in [0.29, 0.717) is 19.5 Å². The standard InChI is InChI=1S/C11H23N3O2/c1-9(2)11(16)14-8-7-13-10(15)5-4-6-12-3/h9,12H,4-8H2,1-3H3,(H,13,15)(H,14,16). The first-order chi connectivity index (χ1) is 7.57. The molecular formula is C11H23N3O2. The molecule has 0 rings (SSSR count). The highest BCUT2D eigenvalue weighted by molar-refractivity contribution is 5.78. The highest BCUT2D eigenvalue weighted by Gasteiger charge is 2.05. The van der Waals surface area contributed by atoms with Crippen molar-refractivity contribution < 1.29 is 9.59 Å². The maximum absolute atomic E-state index is 11.2. The molecule has 0 unspecified atom stereocenters. The zero-order chi connectivity index (χ0) is 12.4. The molecule has 0 heterocycles. The van der Waals surface area contributed by atoms with Crippen LogP contribution in [0.5, 0.6) is 0 Å². The van der Waals surface area contributed by atoms with Gasteiger partial charge in [0.2, 0.25) is 11.8 Å². The van der Waals surface area contributed by atoms with Gasteiger partial charge in [0.05, 0.1) is 0 Å². The van der Waals surface area contributed by atoms with Gasteiger partial charge in [0, 0.05) is 25.4 Å². The van der Waals surface area contributed by atoms with Gasteiger partial charge < -0.3 is 16.0 Å². The van der Waals surface area contributed by atoms with E-state index >= 15 is 0 Å². The predicted molar refractivity (Wildman–Crippen MR) is 64.0 cm³/mol. The molecule has 94 valence electrons. The Bertz CT molecular complexity index is 217. The minimum atomic E-state index is -0.00803. The fourth-order valence-corrected chi connectivity index (χ4v) is 1.11. The molecule has 16 heavy (non-hydrogen) atoms. The number of amides is 2. The zero-order valence-corrected chi connectivity index (χ0v) is 10.4. The lowest BCUT2D eigenvalue weighted by Gasteiger charge is -2.08. The third-order valence-electron chi connectivity index (χ3n) is 2.10. The highest BCUT2D eigenvalue weighted by atomic mass is 16.2. The first-order valence-electron chi connectivity index (χ1n) is 5.77. The summed E-state index contributed by atoms with van der Waals surface area (Å²) < 4.78 is 0. The second kappa shape index (κ2) is 9.15. The average Bonchev–Trinajstić information content (AvgIpc) is 2.24. The molecule has 3 N–H and O–H groups in total. The van der Waals surface area contributed by atoms with Crippen molar-refractivity contribution in [3.63, 3.8) is 0 Å². The third-order valence-corrected chi connectivity index (χ3v) is 2.10. The Morgan fingerprint density at radius 2 is 1.69 bits per heavy atom. The summed E-state index contributed by atoms with van der Waals surface area (Å²) in [6.45, 7) is 5.51. The van der Waals surface area contributed by atoms with Gasteiger partial charge in [-0.2, -0.15) is 0 Å². The Kier molecular flexibility index (Phi) is 8.52. The lowest BCUT2D eigenvalue weighted by Crippen LogP contribution is -2.36. The Labute approximate surface area is 97.4 Å². The van der Waals surface area contributed by atoms with Gasteiger partial charge in [-0.1, -0.05) is 13.8 Å². The summed E-state index contributed by atoms with van der Waals surface area (Å²) in [6.07, 6.45) is 1.36. The molecule has 0 aromatic rings. The molecule has 2 amide bonds. The quantitative estimate of drug-likeness (QED) is 0.508. The summed E-state index contributed by atoms with van der Waals surface area (Å²) in [5.74, 6) is 0.0461. The molecule has 0 spiro atoms. The summed E-state index contributed by atoms with van der Waals surface area (Å²) in [7, 11) is 1.86. The molecule has 0 aliphatic carbocycles. The average molecular weight is 229 g/mol. The molecule has 0 atom stereocenters. The Morgan fingerprint density at radius 3 is 2.25 bits per heavy atom. The van der Waals surface area contributed by atoms with Crippen molar-refractivity contribution >= 4 is 11.8 Å². The minimum Gasteiger partial charge on any atom is -0.354 e. The van der Waals surface area contributed by atoms with Crippen LogP contribution in [0.15, 0.2) is 0 Å². The second-order valence-corrected chi connectivity index (χ2v) is 4.00. The van der Waals surface area contributed by atoms with Gasteiger partial charge in [-0.15, -0.1) is 0 Å². The van der Waals surface area contributed by atoms with Crippen molar-refractivity contribution in [2.24, 2.45) is 5.92 Å². The van der Waals surface area contributed by atoms with E-state index < -0.39 is 0 Å². The minimum absolute atomic E-state index is 0.00803. The highest BCUT2D eigenvalue weighted by Crippen LogP contribution is 1.89. The number of hydrogen-bond acceptors (Lipinski definition) is 3. The van der Waals surface area contributed by atoms with Crippen molar-refractivity contribution in [3.8, 4) is 0 Å². The number of hydrogen-bond donors (Lipinski definition) is 3. The van der Waals surface area contributed by atoms with E-state index in [1.54, 1.807) is 0 Å². The lowest BCUT2D eigenvalue weighted by molar-refractivity contribution is -0.124. The smallest absolute Gasteiger partial charge is 0.222 e. The van der Waals surface area contributed by atoms with Crippen molar-refractivity contribution in [3.05, 3.63) is 0 Å². The monoisotopic (exact) mass is 229 g/mol. The molecule has 0 saturated carbocycles. The van der Waals surface area contributed by atoms with Crippen LogP contribution >= 0.6 is 0 Å². The van der Waals surface area contributed by atoms with Crippen LogP contribution in [0.1, 0.15) is 26.7 Å². The maximum atomic E-state index is 11.2. The van der Waals surface area contributed by atoms with E-state index in [-0.39, 0.29) is 17.7 Å². The number of carbonyl (C=O) groups is 2. The van der Waals surface area contributed by atoms with Crippen LogP contribution in [0.2, 0.25) is 0 Å². The number of rotatable bonds is 8. The molecule has 0 bridgehead atoms. The van der Waals surface area contributed by atoms with E-state index in [1.807, 2.05) is 20.9 Å². The van der Waals surface area contributed by atoms with Crippen LogP contribution in [0, 0.1) is 5.92 Å². The van der Waals surface area contributed by atoms with Gasteiger partial charge in [-0.3, -0.25) is 9.59 Å². The molecule has 5 nitrogen and oxygen atoms in total. The molecular weight excluding hydrogens is 206 g/mol. The molecule has 0 radical (unpaired) electrons. The molecule has 0 saturated heterocycles. The van der Waals surface area contributed by atoms with Crippen molar-refractivity contribution in [1.29, 1.82) is 0 Å². The fraction of sp³-hybridized carbons (Fsp3) is 0.818. The van der Waals surface area contributed by atoms with E-state index in [4.69, 9.17) is 0 Å². The zero-order valence-electron chi connectivity index (χ0n) is 10.4. The normalized spacial score (nSPS) is 10.2. The van der Waals surface area contributed by atoms with Gasteiger partial charge >= 0.3 is 0 Å². The summed E-state index contributed by atoms with van der Waals surface area (Å²) in [5.41, 5.74) is 0. The summed E-state index contributed by atoms with van der Waals surface area (Å²) >= 11 is 0. The third kappa shape index (κ3) is 8.23. The predicted octanol–water partition coefficient (Wildman–Crippen LogP) is -0.126. The van der Waals surface area contributed by atoms with E-state index in [9.17, 15) is 9.59 Å². The first kappa shape index (κ1) is 14.9. The van der Waals surface area contributed by atoms with Gasteiger partial charge in [-0.25, -0.2) is 0 Å². The van der Waals surface area contributed by atoms with Gasteiger partial charge in [0.25, 0.3) is 0 Å². The van der Waals surface area contributed by atoms with Gasteiger partial charge in [-0.05, 0) is 20.0 Å². The molecule has 0 fully saturated rings. The summed E-state index contributed by atoms with van der Waals surface area (Å²) in [5, 5.41) is 8.47. The lowest BCUT2D eigenvalue weighted by atomic mass is 10.2. The first-order valence-corrected chi connectivity index (χ1v) is 5.77. The Balaban J connectivity index is 3.37. The Morgan fingerprint density at radius 1 is 1.06 bits per heavy atom. The second-order valence-electron chi connectivity index (χ2n) is 4.00. The van der Waals surface area contributed by atoms with Gasteiger partial charge in [0.1, 0.15) is 0 Å². The maximum Gasteiger partial charge on any atom is 0.222 e.